The van der Waals surface area contributed by atoms with Gasteiger partial charge in [0, 0.05) is 10.6 Å². The van der Waals surface area contributed by atoms with E-state index in [1.807, 2.05) is 13.0 Å². The topological polar surface area (TPSA) is 92.8 Å². The zero-order valence-corrected chi connectivity index (χ0v) is 17.5. The first kappa shape index (κ1) is 22.4. The molecule has 0 saturated carbocycles. The Labute approximate surface area is 180 Å². The second kappa shape index (κ2) is 8.07. The number of aryl methyl sites for hydroxylation is 2. The summed E-state index contributed by atoms with van der Waals surface area (Å²) in [5.74, 6) is -1.10. The van der Waals surface area contributed by atoms with Gasteiger partial charge in [0.25, 0.3) is 5.91 Å². The molecule has 3 rings (SSSR count). The summed E-state index contributed by atoms with van der Waals surface area (Å²) >= 11 is 6.19. The highest BCUT2D eigenvalue weighted by Crippen LogP contribution is 2.26. The van der Waals surface area contributed by atoms with Gasteiger partial charge in [0.15, 0.2) is 0 Å². The van der Waals surface area contributed by atoms with Crippen molar-refractivity contribution in [3.63, 3.8) is 0 Å². The van der Waals surface area contributed by atoms with Gasteiger partial charge in [-0.3, -0.25) is 4.79 Å². The number of fused-ring (bicyclic) bond motifs is 1. The van der Waals surface area contributed by atoms with E-state index in [-0.39, 0.29) is 12.1 Å². The van der Waals surface area contributed by atoms with E-state index in [0.29, 0.717) is 16.1 Å². The van der Waals surface area contributed by atoms with E-state index in [2.05, 4.69) is 20.3 Å². The number of ether oxygens (including phenoxy) is 1. The Morgan fingerprint density at radius 1 is 1.23 bits per heavy atom. The van der Waals surface area contributed by atoms with Crippen LogP contribution in [0.1, 0.15) is 28.4 Å². The van der Waals surface area contributed by atoms with E-state index >= 15 is 0 Å². The fraction of sp³-hybridized carbons (Fsp3) is 0.300. The van der Waals surface area contributed by atoms with Crippen molar-refractivity contribution < 1.29 is 22.7 Å². The molecule has 2 aromatic carbocycles. The minimum atomic E-state index is -4.83. The number of rotatable bonds is 5. The minimum Gasteiger partial charge on any atom is -0.406 e. The molecule has 1 aromatic heterocycles. The van der Waals surface area contributed by atoms with Crippen LogP contribution in [0.2, 0.25) is 5.02 Å². The molecule has 0 aliphatic carbocycles. The molecule has 0 bridgehead atoms. The number of amides is 1. The number of benzene rings is 2. The van der Waals surface area contributed by atoms with Gasteiger partial charge in [-0.2, -0.15) is 20.3 Å². The lowest BCUT2D eigenvalue weighted by Gasteiger charge is -2.22. The van der Waals surface area contributed by atoms with Crippen LogP contribution in [0, 0.1) is 25.2 Å². The smallest absolute Gasteiger partial charge is 0.406 e. The summed E-state index contributed by atoms with van der Waals surface area (Å²) in [7, 11) is 0. The molecule has 0 aliphatic rings. The van der Waals surface area contributed by atoms with Crippen molar-refractivity contribution >= 4 is 28.5 Å². The van der Waals surface area contributed by atoms with Crippen molar-refractivity contribution in [3.05, 3.63) is 52.0 Å². The van der Waals surface area contributed by atoms with E-state index in [0.717, 1.165) is 23.3 Å². The summed E-state index contributed by atoms with van der Waals surface area (Å²) in [5, 5.41) is 21.5. The number of nitrogens with zero attached hydrogens (tertiary/aromatic N) is 4. The van der Waals surface area contributed by atoms with Crippen LogP contribution in [0.3, 0.4) is 0 Å². The first-order valence-corrected chi connectivity index (χ1v) is 9.39. The lowest BCUT2D eigenvalue weighted by molar-refractivity contribution is -0.274. The zero-order valence-electron chi connectivity index (χ0n) is 16.7. The third-order valence-corrected chi connectivity index (χ3v) is 4.92. The van der Waals surface area contributed by atoms with Gasteiger partial charge in [-0.25, -0.2) is 0 Å². The quantitative estimate of drug-likeness (QED) is 0.624. The fourth-order valence-electron chi connectivity index (χ4n) is 2.93. The van der Waals surface area contributed by atoms with Crippen molar-refractivity contribution in [1.29, 1.82) is 5.26 Å². The van der Waals surface area contributed by atoms with Gasteiger partial charge in [0.1, 0.15) is 22.3 Å². The van der Waals surface area contributed by atoms with Crippen LogP contribution in [0.4, 0.5) is 13.2 Å². The number of nitriles is 1. The lowest BCUT2D eigenvalue weighted by Crippen LogP contribution is -2.48. The molecule has 7 nitrogen and oxygen atoms in total. The van der Waals surface area contributed by atoms with Gasteiger partial charge in [0.2, 0.25) is 0 Å². The Kier molecular flexibility index (Phi) is 5.83. The van der Waals surface area contributed by atoms with Crippen LogP contribution in [0.25, 0.3) is 11.0 Å². The van der Waals surface area contributed by atoms with Crippen LogP contribution in [-0.2, 0) is 6.54 Å². The molecule has 31 heavy (non-hydrogen) atoms. The molecular formula is C20H17ClF3N5O2. The second-order valence-electron chi connectivity index (χ2n) is 7.20. The number of hydrogen-bond acceptors (Lipinski definition) is 5. The highest BCUT2D eigenvalue weighted by atomic mass is 35.5. The molecule has 0 spiro atoms. The van der Waals surface area contributed by atoms with Crippen molar-refractivity contribution in [2.45, 2.75) is 39.2 Å². The predicted octanol–water partition coefficient (Wildman–Crippen LogP) is 4.31. The average molecular weight is 452 g/mol. The molecular weight excluding hydrogens is 435 g/mol. The first-order chi connectivity index (χ1) is 14.4. The number of aromatic nitrogens is 3. The Morgan fingerprint density at radius 3 is 2.42 bits per heavy atom. The van der Waals surface area contributed by atoms with Crippen LogP contribution >= 0.6 is 11.6 Å². The van der Waals surface area contributed by atoms with Gasteiger partial charge in [-0.15, -0.1) is 13.2 Å². The fourth-order valence-corrected chi connectivity index (χ4v) is 3.19. The molecule has 11 heteroatoms. The molecule has 162 valence electrons. The summed E-state index contributed by atoms with van der Waals surface area (Å²) in [6, 6.07) is 8.17. The normalized spacial score (nSPS) is 13.5. The molecule has 1 N–H and O–H groups in total. The molecule has 0 saturated heterocycles. The Hall–Kier alpha value is -3.32. The second-order valence-corrected chi connectivity index (χ2v) is 7.61. The predicted molar refractivity (Wildman–Crippen MR) is 107 cm³/mol. The third-order valence-electron chi connectivity index (χ3n) is 4.53. The van der Waals surface area contributed by atoms with Gasteiger partial charge >= 0.3 is 6.36 Å². The highest BCUT2D eigenvalue weighted by molar-refractivity contribution is 6.32. The summed E-state index contributed by atoms with van der Waals surface area (Å²) in [5.41, 5.74) is 1.47. The maximum Gasteiger partial charge on any atom is 0.573 e. The zero-order chi connectivity index (χ0) is 23.0. The van der Waals surface area contributed by atoms with Crippen molar-refractivity contribution in [1.82, 2.24) is 20.3 Å². The summed E-state index contributed by atoms with van der Waals surface area (Å²) in [6.45, 7) is 5.08. The SMILES string of the molecule is Cc1cc(Cl)c(C)c2nn(CC(C)(C#N)NC(=O)c3ccc(OC(F)(F)F)cc3)nc12. The molecule has 0 fully saturated rings. The largest absolute Gasteiger partial charge is 0.573 e. The van der Waals surface area contributed by atoms with Crippen molar-refractivity contribution in [3.8, 4) is 11.8 Å². The molecule has 1 heterocycles. The van der Waals surface area contributed by atoms with Crippen LogP contribution in [0.5, 0.6) is 5.75 Å². The Morgan fingerprint density at radius 2 is 1.84 bits per heavy atom. The van der Waals surface area contributed by atoms with Crippen molar-refractivity contribution in [2.75, 3.05) is 0 Å². The molecule has 3 aromatic rings. The summed E-state index contributed by atoms with van der Waals surface area (Å²) in [4.78, 5) is 13.8. The molecule has 0 aliphatic heterocycles. The Bertz CT molecular complexity index is 1180. The van der Waals surface area contributed by atoms with Crippen LogP contribution in [-0.4, -0.2) is 32.8 Å². The molecule has 1 unspecified atom stereocenters. The summed E-state index contributed by atoms with van der Waals surface area (Å²) < 4.78 is 40.6. The number of hydrogen-bond donors (Lipinski definition) is 1. The highest BCUT2D eigenvalue weighted by Gasteiger charge is 2.32. The lowest BCUT2D eigenvalue weighted by atomic mass is 10.0. The number of halogens is 4. The average Bonchev–Trinajstić information content (AvgIpc) is 3.09. The third kappa shape index (κ3) is 5.06. The van der Waals surface area contributed by atoms with E-state index in [1.165, 1.54) is 23.9 Å². The van der Waals surface area contributed by atoms with E-state index in [9.17, 15) is 23.2 Å². The van der Waals surface area contributed by atoms with E-state index in [1.54, 1.807) is 13.0 Å². The van der Waals surface area contributed by atoms with E-state index < -0.39 is 23.6 Å². The standard InChI is InChI=1S/C20H17ClF3N5O2/c1-11-8-15(21)12(2)17-16(11)27-29(28-17)10-19(3,9-25)26-18(30)13-4-6-14(7-5-13)31-20(22,23)24/h4-8H,10H2,1-3H3,(H,26,30). The summed E-state index contributed by atoms with van der Waals surface area (Å²) in [6.07, 6.45) is -4.83. The molecule has 1 amide bonds. The first-order valence-electron chi connectivity index (χ1n) is 9.01. The van der Waals surface area contributed by atoms with E-state index in [4.69, 9.17) is 11.6 Å². The maximum absolute atomic E-state index is 12.5. The maximum atomic E-state index is 12.5. The van der Waals surface area contributed by atoms with Gasteiger partial charge in [-0.1, -0.05) is 11.6 Å². The minimum absolute atomic E-state index is 0.0598. The number of carbonyl (C=O) groups is 1. The number of nitrogens with one attached hydrogen (secondary N) is 1. The van der Waals surface area contributed by atoms with Crippen LogP contribution in [0.15, 0.2) is 30.3 Å². The Balaban J connectivity index is 1.79. The monoisotopic (exact) mass is 451 g/mol. The van der Waals surface area contributed by atoms with Gasteiger partial charge < -0.3 is 10.1 Å². The molecule has 1 atom stereocenters. The number of carbonyl (C=O) groups excluding carboxylic acids is 1. The van der Waals surface area contributed by atoms with Gasteiger partial charge in [-0.05, 0) is 62.2 Å². The number of alkyl halides is 3. The van der Waals surface area contributed by atoms with Gasteiger partial charge in [0.05, 0.1) is 12.6 Å². The van der Waals surface area contributed by atoms with Crippen molar-refractivity contribution in [2.24, 2.45) is 0 Å². The van der Waals surface area contributed by atoms with Crippen LogP contribution < -0.4 is 10.1 Å². The molecule has 0 radical (unpaired) electrons.